The molecule has 0 N–H and O–H groups in total. The van der Waals surface area contributed by atoms with E-state index in [1.54, 1.807) is 13.2 Å². The lowest BCUT2D eigenvalue weighted by Crippen LogP contribution is -2.05. The summed E-state index contributed by atoms with van der Waals surface area (Å²) in [5.41, 5.74) is 2.53. The predicted octanol–water partition coefficient (Wildman–Crippen LogP) is 3.49. The Kier molecular flexibility index (Phi) is 3.93. The molecule has 0 aromatic heterocycles. The zero-order chi connectivity index (χ0) is 16.4. The number of aryl methyl sites for hydroxylation is 1. The molecule has 0 amide bonds. The second-order valence-electron chi connectivity index (χ2n) is 5.07. The minimum Gasteiger partial charge on any atom is -0.496 e. The summed E-state index contributed by atoms with van der Waals surface area (Å²) in [5.74, 6) is 0.0593. The lowest BCUT2D eigenvalue weighted by Gasteiger charge is -2.04. The molecule has 0 atom stereocenters. The fourth-order valence-electron chi connectivity index (χ4n) is 2.27. The first-order valence-corrected chi connectivity index (χ1v) is 7.00. The molecule has 0 saturated heterocycles. The number of methoxy groups -OCH3 is 1. The Morgan fingerprint density at radius 2 is 1.91 bits per heavy atom. The Morgan fingerprint density at radius 3 is 2.57 bits per heavy atom. The molecule has 23 heavy (non-hydrogen) atoms. The van der Waals surface area contributed by atoms with E-state index in [-0.39, 0.29) is 17.4 Å². The summed E-state index contributed by atoms with van der Waals surface area (Å²) < 4.78 is 23.3. The fourth-order valence-corrected chi connectivity index (χ4v) is 2.27. The Hall–Kier alpha value is -2.95. The third-order valence-electron chi connectivity index (χ3n) is 3.43. The Balaban J connectivity index is 1.91. The van der Waals surface area contributed by atoms with Crippen molar-refractivity contribution in [2.24, 2.45) is 4.99 Å². The summed E-state index contributed by atoms with van der Waals surface area (Å²) in [5, 5.41) is 0. The second kappa shape index (κ2) is 6.04. The summed E-state index contributed by atoms with van der Waals surface area (Å²) in [6, 6.07) is 11.2. The van der Waals surface area contributed by atoms with Crippen molar-refractivity contribution in [1.82, 2.24) is 0 Å². The van der Waals surface area contributed by atoms with Crippen LogP contribution in [0.1, 0.15) is 16.7 Å². The highest BCUT2D eigenvalue weighted by atomic mass is 19.1. The van der Waals surface area contributed by atoms with Gasteiger partial charge in [0.05, 0.1) is 7.11 Å². The summed E-state index contributed by atoms with van der Waals surface area (Å²) >= 11 is 0. The van der Waals surface area contributed by atoms with Crippen LogP contribution in [-0.2, 0) is 9.53 Å². The van der Waals surface area contributed by atoms with Crippen molar-refractivity contribution >= 4 is 17.9 Å². The van der Waals surface area contributed by atoms with E-state index in [1.165, 1.54) is 24.3 Å². The van der Waals surface area contributed by atoms with Gasteiger partial charge in [0.1, 0.15) is 11.6 Å². The van der Waals surface area contributed by atoms with Gasteiger partial charge in [-0.15, -0.1) is 0 Å². The molecule has 1 heterocycles. The van der Waals surface area contributed by atoms with Crippen LogP contribution in [-0.4, -0.2) is 19.0 Å². The van der Waals surface area contributed by atoms with Crippen LogP contribution in [0.25, 0.3) is 6.08 Å². The van der Waals surface area contributed by atoms with E-state index in [0.717, 1.165) is 16.9 Å². The Bertz CT molecular complexity index is 823. The monoisotopic (exact) mass is 311 g/mol. The summed E-state index contributed by atoms with van der Waals surface area (Å²) in [6.45, 7) is 1.92. The minimum atomic E-state index is -0.530. The molecule has 4 nitrogen and oxygen atoms in total. The van der Waals surface area contributed by atoms with Gasteiger partial charge in [0.15, 0.2) is 5.70 Å². The van der Waals surface area contributed by atoms with Gasteiger partial charge < -0.3 is 9.47 Å². The number of hydrogen-bond acceptors (Lipinski definition) is 4. The number of halogens is 1. The quantitative estimate of drug-likeness (QED) is 0.644. The molecule has 0 saturated carbocycles. The van der Waals surface area contributed by atoms with Gasteiger partial charge >= 0.3 is 5.97 Å². The predicted molar refractivity (Wildman–Crippen MR) is 84.7 cm³/mol. The molecular weight excluding hydrogens is 297 g/mol. The van der Waals surface area contributed by atoms with Crippen LogP contribution in [0.2, 0.25) is 0 Å². The zero-order valence-corrected chi connectivity index (χ0v) is 12.7. The number of ether oxygens (including phenoxy) is 2. The molecule has 1 aliphatic heterocycles. The number of carbonyl (C=O) groups excluding carboxylic acids is 1. The first-order valence-electron chi connectivity index (χ1n) is 7.00. The van der Waals surface area contributed by atoms with Crippen molar-refractivity contribution in [3.05, 3.63) is 70.7 Å². The van der Waals surface area contributed by atoms with Gasteiger partial charge in [0.25, 0.3) is 0 Å². The maximum Gasteiger partial charge on any atom is 0.363 e. The Labute approximate surface area is 132 Å². The largest absolute Gasteiger partial charge is 0.496 e. The third-order valence-corrected chi connectivity index (χ3v) is 3.43. The van der Waals surface area contributed by atoms with Crippen molar-refractivity contribution in [2.75, 3.05) is 7.11 Å². The van der Waals surface area contributed by atoms with E-state index >= 15 is 0 Å². The number of cyclic esters (lactones) is 1. The van der Waals surface area contributed by atoms with E-state index in [2.05, 4.69) is 4.99 Å². The molecule has 2 aromatic rings. The van der Waals surface area contributed by atoms with Crippen molar-refractivity contribution < 1.29 is 18.7 Å². The average molecular weight is 311 g/mol. The lowest BCUT2D eigenvalue weighted by molar-refractivity contribution is -0.129. The van der Waals surface area contributed by atoms with Gasteiger partial charge in [-0.05, 0) is 60.5 Å². The van der Waals surface area contributed by atoms with E-state index in [4.69, 9.17) is 9.47 Å². The number of hydrogen-bond donors (Lipinski definition) is 0. The van der Waals surface area contributed by atoms with Gasteiger partial charge in [0.2, 0.25) is 5.90 Å². The van der Waals surface area contributed by atoms with Crippen molar-refractivity contribution in [2.45, 2.75) is 6.92 Å². The van der Waals surface area contributed by atoms with Crippen molar-refractivity contribution in [3.63, 3.8) is 0 Å². The lowest BCUT2D eigenvalue weighted by atomic mass is 10.1. The maximum atomic E-state index is 12.9. The van der Waals surface area contributed by atoms with Crippen LogP contribution in [0.15, 0.2) is 53.2 Å². The molecule has 0 fully saturated rings. The molecule has 0 bridgehead atoms. The van der Waals surface area contributed by atoms with E-state index < -0.39 is 5.97 Å². The standard InChI is InChI=1S/C18H14FNO3/c1-11-9-12(3-8-16(11)22-2)10-15-18(21)23-17(20-15)13-4-6-14(19)7-5-13/h3-10H,1-2H3/b15-10+. The summed E-state index contributed by atoms with van der Waals surface area (Å²) in [4.78, 5) is 16.1. The highest BCUT2D eigenvalue weighted by molar-refractivity contribution is 6.12. The second-order valence-corrected chi connectivity index (χ2v) is 5.07. The molecule has 1 aliphatic rings. The third kappa shape index (κ3) is 3.13. The molecule has 5 heteroatoms. The summed E-state index contributed by atoms with van der Waals surface area (Å²) in [6.07, 6.45) is 1.64. The number of nitrogens with zero attached hydrogens (tertiary/aromatic N) is 1. The van der Waals surface area contributed by atoms with Gasteiger partial charge in [-0.2, -0.15) is 0 Å². The number of esters is 1. The molecule has 0 unspecified atom stereocenters. The van der Waals surface area contributed by atoms with Crippen LogP contribution in [0.4, 0.5) is 4.39 Å². The highest BCUT2D eigenvalue weighted by Crippen LogP contribution is 2.23. The van der Waals surface area contributed by atoms with Gasteiger partial charge in [-0.25, -0.2) is 14.2 Å². The topological polar surface area (TPSA) is 47.9 Å². The molecule has 2 aromatic carbocycles. The van der Waals surface area contributed by atoms with Crippen LogP contribution in [0.5, 0.6) is 5.75 Å². The molecule has 116 valence electrons. The van der Waals surface area contributed by atoms with Gasteiger partial charge in [0, 0.05) is 5.56 Å². The summed E-state index contributed by atoms with van der Waals surface area (Å²) in [7, 11) is 1.61. The highest BCUT2D eigenvalue weighted by Gasteiger charge is 2.24. The van der Waals surface area contributed by atoms with Crippen LogP contribution >= 0.6 is 0 Å². The first-order chi connectivity index (χ1) is 11.1. The first kappa shape index (κ1) is 15.0. The van der Waals surface area contributed by atoms with Gasteiger partial charge in [-0.1, -0.05) is 6.07 Å². The minimum absolute atomic E-state index is 0.173. The number of benzene rings is 2. The number of carbonyl (C=O) groups is 1. The van der Waals surface area contributed by atoms with E-state index in [9.17, 15) is 9.18 Å². The number of aliphatic imine (C=N–C) groups is 1. The van der Waals surface area contributed by atoms with Crippen LogP contribution in [0.3, 0.4) is 0 Å². The van der Waals surface area contributed by atoms with E-state index in [1.807, 2.05) is 25.1 Å². The van der Waals surface area contributed by atoms with Crippen molar-refractivity contribution in [1.29, 1.82) is 0 Å². The Morgan fingerprint density at radius 1 is 1.17 bits per heavy atom. The van der Waals surface area contributed by atoms with E-state index in [0.29, 0.717) is 5.56 Å². The van der Waals surface area contributed by atoms with Crippen LogP contribution < -0.4 is 4.74 Å². The normalized spacial score (nSPS) is 15.5. The molecule has 0 spiro atoms. The maximum absolute atomic E-state index is 12.9. The van der Waals surface area contributed by atoms with Crippen LogP contribution in [0, 0.1) is 12.7 Å². The fraction of sp³-hybridized carbons (Fsp3) is 0.111. The number of rotatable bonds is 3. The molecule has 3 rings (SSSR count). The molecule has 0 radical (unpaired) electrons. The zero-order valence-electron chi connectivity index (χ0n) is 12.7. The molecule has 0 aliphatic carbocycles. The molecular formula is C18H14FNO3. The van der Waals surface area contributed by atoms with Gasteiger partial charge in [-0.3, -0.25) is 0 Å². The smallest absolute Gasteiger partial charge is 0.363 e. The average Bonchev–Trinajstić information content (AvgIpc) is 2.89. The van der Waals surface area contributed by atoms with Crippen molar-refractivity contribution in [3.8, 4) is 5.75 Å². The SMILES string of the molecule is COc1ccc(/C=C2/N=C(c3ccc(F)cc3)OC2=O)cc1C.